The first-order valence-corrected chi connectivity index (χ1v) is 7.41. The number of aromatic nitrogens is 2. The quantitative estimate of drug-likeness (QED) is 0.281. The first-order chi connectivity index (χ1) is 8.13. The Morgan fingerprint density at radius 3 is 2.94 bits per heavy atom. The van der Waals surface area contributed by atoms with Crippen molar-refractivity contribution < 1.29 is 4.79 Å². The van der Waals surface area contributed by atoms with E-state index in [1.807, 2.05) is 6.26 Å². The molecule has 0 saturated carbocycles. The van der Waals surface area contributed by atoms with E-state index in [-0.39, 0.29) is 5.12 Å². The second kappa shape index (κ2) is 7.59. The third-order valence-corrected chi connectivity index (χ3v) is 3.32. The number of thioether (sulfide) groups is 2. The Bertz CT molecular complexity index is 468. The maximum Gasteiger partial charge on any atom is 0.188 e. The number of rotatable bonds is 3. The van der Waals surface area contributed by atoms with Gasteiger partial charge in [0.25, 0.3) is 0 Å². The fourth-order valence-corrected chi connectivity index (χ4v) is 1.99. The third-order valence-electron chi connectivity index (χ3n) is 1.66. The highest BCUT2D eigenvalue weighted by Crippen LogP contribution is 2.15. The number of nitrogens with zero attached hydrogens (tertiary/aromatic N) is 2. The van der Waals surface area contributed by atoms with E-state index in [0.29, 0.717) is 28.0 Å². The van der Waals surface area contributed by atoms with Gasteiger partial charge in [-0.05, 0) is 6.26 Å². The zero-order valence-corrected chi connectivity index (χ0v) is 11.9. The Labute approximate surface area is 114 Å². The van der Waals surface area contributed by atoms with Crippen molar-refractivity contribution in [2.45, 2.75) is 18.5 Å². The molecule has 0 aliphatic rings. The van der Waals surface area contributed by atoms with Crippen LogP contribution in [0.1, 0.15) is 18.9 Å². The van der Waals surface area contributed by atoms with Crippen molar-refractivity contribution in [1.82, 2.24) is 9.97 Å². The van der Waals surface area contributed by atoms with Crippen molar-refractivity contribution in [2.24, 2.45) is 0 Å². The topological polar surface area (TPSA) is 42.9 Å². The Balaban J connectivity index is 2.57. The largest absolute Gasteiger partial charge is 0.288 e. The molecule has 0 radical (unpaired) electrons. The van der Waals surface area contributed by atoms with Gasteiger partial charge in [-0.1, -0.05) is 47.0 Å². The first kappa shape index (κ1) is 14.4. The highest BCUT2D eigenvalue weighted by Gasteiger charge is 2.01. The van der Waals surface area contributed by atoms with Gasteiger partial charge in [0, 0.05) is 25.3 Å². The summed E-state index contributed by atoms with van der Waals surface area (Å²) in [5.41, 5.74) is 0.622. The summed E-state index contributed by atoms with van der Waals surface area (Å²) in [7, 11) is 0. The minimum atomic E-state index is 0.109. The summed E-state index contributed by atoms with van der Waals surface area (Å²) in [5, 5.41) is 1.11. The molecule has 0 spiro atoms. The second-order valence-corrected chi connectivity index (χ2v) is 5.36. The van der Waals surface area contributed by atoms with Gasteiger partial charge in [-0.3, -0.25) is 4.79 Å². The summed E-state index contributed by atoms with van der Waals surface area (Å²) >= 11 is 8.64. The van der Waals surface area contributed by atoms with Gasteiger partial charge >= 0.3 is 0 Å². The molecule has 0 fully saturated rings. The summed E-state index contributed by atoms with van der Waals surface area (Å²) in [4.78, 5) is 18.8. The fraction of sp³-hybridized carbons (Fsp3) is 0.364. The molecule has 1 rings (SSSR count). The van der Waals surface area contributed by atoms with E-state index in [1.54, 1.807) is 13.1 Å². The molecule has 0 aliphatic carbocycles. The number of carbonyl (C=O) groups is 1. The molecule has 1 heterocycles. The highest BCUT2D eigenvalue weighted by atomic mass is 35.5. The van der Waals surface area contributed by atoms with Crippen LogP contribution in [0.15, 0.2) is 11.4 Å². The Morgan fingerprint density at radius 1 is 1.59 bits per heavy atom. The standard InChI is InChI=1S/C11H11ClN2OS2/c1-8(15)17-6-4-3-5-9-7-13-11(16-2)14-10(9)12/h7H,4,6H2,1-2H3. The molecule has 0 aromatic carbocycles. The molecule has 17 heavy (non-hydrogen) atoms. The van der Waals surface area contributed by atoms with E-state index in [9.17, 15) is 4.79 Å². The van der Waals surface area contributed by atoms with Gasteiger partial charge in [-0.2, -0.15) is 0 Å². The Hall–Kier alpha value is -0.700. The van der Waals surface area contributed by atoms with Crippen LogP contribution in [0.5, 0.6) is 0 Å². The number of carbonyl (C=O) groups excluding carboxylic acids is 1. The van der Waals surface area contributed by atoms with Crippen LogP contribution in [0.2, 0.25) is 5.15 Å². The molecule has 0 bridgehead atoms. The van der Waals surface area contributed by atoms with Crippen molar-refractivity contribution in [3.05, 3.63) is 16.9 Å². The van der Waals surface area contributed by atoms with Gasteiger partial charge in [0.2, 0.25) is 0 Å². The van der Waals surface area contributed by atoms with Crippen molar-refractivity contribution in [1.29, 1.82) is 0 Å². The van der Waals surface area contributed by atoms with Crippen LogP contribution >= 0.6 is 35.1 Å². The Morgan fingerprint density at radius 2 is 2.35 bits per heavy atom. The lowest BCUT2D eigenvalue weighted by molar-refractivity contribution is -0.109. The van der Waals surface area contributed by atoms with E-state index in [4.69, 9.17) is 11.6 Å². The second-order valence-electron chi connectivity index (χ2n) is 2.95. The smallest absolute Gasteiger partial charge is 0.188 e. The lowest BCUT2D eigenvalue weighted by atomic mass is 10.3. The van der Waals surface area contributed by atoms with E-state index >= 15 is 0 Å². The predicted octanol–water partition coefficient (Wildman–Crippen LogP) is 2.87. The molecule has 0 atom stereocenters. The van der Waals surface area contributed by atoms with E-state index in [0.717, 1.165) is 0 Å². The fourth-order valence-electron chi connectivity index (χ4n) is 0.932. The summed E-state index contributed by atoms with van der Waals surface area (Å²) in [6, 6.07) is 0. The van der Waals surface area contributed by atoms with E-state index in [1.165, 1.54) is 23.5 Å². The average molecular weight is 287 g/mol. The van der Waals surface area contributed by atoms with Crippen LogP contribution in [0, 0.1) is 11.8 Å². The van der Waals surface area contributed by atoms with Gasteiger partial charge in [-0.15, -0.1) is 0 Å². The van der Waals surface area contributed by atoms with Crippen LogP contribution in [0.3, 0.4) is 0 Å². The number of halogens is 1. The Kier molecular flexibility index (Phi) is 6.41. The molecule has 0 N–H and O–H groups in total. The maximum atomic E-state index is 10.7. The zero-order valence-electron chi connectivity index (χ0n) is 9.49. The lowest BCUT2D eigenvalue weighted by Crippen LogP contribution is -1.89. The molecule has 0 aliphatic heterocycles. The SMILES string of the molecule is CSc1ncc(C#CCCSC(C)=O)c(Cl)n1. The maximum absolute atomic E-state index is 10.7. The van der Waals surface area contributed by atoms with Crippen molar-refractivity contribution >= 4 is 40.2 Å². The zero-order chi connectivity index (χ0) is 12.7. The molecular weight excluding hydrogens is 276 g/mol. The molecule has 0 unspecified atom stereocenters. The summed E-state index contributed by atoms with van der Waals surface area (Å²) in [6.45, 7) is 1.55. The minimum Gasteiger partial charge on any atom is -0.288 e. The van der Waals surface area contributed by atoms with Crippen LogP contribution < -0.4 is 0 Å². The van der Waals surface area contributed by atoms with Gasteiger partial charge in [0.1, 0.15) is 5.15 Å². The summed E-state index contributed by atoms with van der Waals surface area (Å²) in [6.07, 6.45) is 4.15. The third kappa shape index (κ3) is 5.44. The van der Waals surface area contributed by atoms with Crippen molar-refractivity contribution in [2.75, 3.05) is 12.0 Å². The molecule has 0 amide bonds. The lowest BCUT2D eigenvalue weighted by Gasteiger charge is -1.97. The molecule has 0 saturated heterocycles. The average Bonchev–Trinajstić information content (AvgIpc) is 2.30. The molecule has 1 aromatic rings. The van der Waals surface area contributed by atoms with Crippen LogP contribution in [-0.4, -0.2) is 27.1 Å². The van der Waals surface area contributed by atoms with Crippen molar-refractivity contribution in [3.63, 3.8) is 0 Å². The number of hydrogen-bond acceptors (Lipinski definition) is 5. The molecule has 1 aromatic heterocycles. The number of hydrogen-bond donors (Lipinski definition) is 0. The van der Waals surface area contributed by atoms with Crippen LogP contribution in [0.4, 0.5) is 0 Å². The highest BCUT2D eigenvalue weighted by molar-refractivity contribution is 8.13. The van der Waals surface area contributed by atoms with Crippen LogP contribution in [0.25, 0.3) is 0 Å². The van der Waals surface area contributed by atoms with Gasteiger partial charge < -0.3 is 0 Å². The summed E-state index contributed by atoms with van der Waals surface area (Å²) < 4.78 is 0. The normalized spacial score (nSPS) is 9.59. The van der Waals surface area contributed by atoms with Crippen molar-refractivity contribution in [3.8, 4) is 11.8 Å². The van der Waals surface area contributed by atoms with Gasteiger partial charge in [0.15, 0.2) is 10.3 Å². The van der Waals surface area contributed by atoms with E-state index < -0.39 is 0 Å². The molecular formula is C11H11ClN2OS2. The monoisotopic (exact) mass is 286 g/mol. The predicted molar refractivity (Wildman–Crippen MR) is 73.5 cm³/mol. The summed E-state index contributed by atoms with van der Waals surface area (Å²) in [5.74, 6) is 6.54. The first-order valence-electron chi connectivity index (χ1n) is 4.82. The molecule has 6 heteroatoms. The van der Waals surface area contributed by atoms with Gasteiger partial charge in [0.05, 0.1) is 5.56 Å². The van der Waals surface area contributed by atoms with E-state index in [2.05, 4.69) is 21.8 Å². The van der Waals surface area contributed by atoms with Crippen LogP contribution in [-0.2, 0) is 4.79 Å². The minimum absolute atomic E-state index is 0.109. The molecule has 3 nitrogen and oxygen atoms in total. The van der Waals surface area contributed by atoms with Gasteiger partial charge in [-0.25, -0.2) is 9.97 Å². The molecule has 90 valence electrons.